The minimum absolute atomic E-state index is 0.898. The molecule has 0 bridgehead atoms. The second-order valence-corrected chi connectivity index (χ2v) is 12.7. The molecule has 0 radical (unpaired) electrons. The summed E-state index contributed by atoms with van der Waals surface area (Å²) >= 11 is 0. The molecule has 2 heterocycles. The van der Waals surface area contributed by atoms with Gasteiger partial charge in [0.25, 0.3) is 0 Å². The Kier molecular flexibility index (Phi) is 5.79. The molecule has 0 unspecified atom stereocenters. The maximum absolute atomic E-state index is 6.21. The Bertz CT molecular complexity index is 2860. The van der Waals surface area contributed by atoms with Gasteiger partial charge in [0.2, 0.25) is 0 Å². The monoisotopic (exact) mass is 614 g/mol. The summed E-state index contributed by atoms with van der Waals surface area (Å²) < 4.78 is 8.61. The Morgan fingerprint density at radius 2 is 1.08 bits per heavy atom. The van der Waals surface area contributed by atoms with Crippen LogP contribution in [-0.2, 0) is 0 Å². The van der Waals surface area contributed by atoms with Crippen molar-refractivity contribution in [2.24, 2.45) is 0 Å². The van der Waals surface area contributed by atoms with Gasteiger partial charge in [-0.05, 0) is 83.7 Å². The fourth-order valence-corrected chi connectivity index (χ4v) is 7.57. The van der Waals surface area contributed by atoms with Gasteiger partial charge in [-0.1, -0.05) is 109 Å². The molecule has 0 atom stereocenters. The summed E-state index contributed by atoms with van der Waals surface area (Å²) in [6.45, 7) is 2.14. The van der Waals surface area contributed by atoms with E-state index in [0.717, 1.165) is 50.2 Å². The average molecular weight is 615 g/mol. The zero-order valence-corrected chi connectivity index (χ0v) is 26.4. The molecule has 226 valence electrons. The highest BCUT2D eigenvalue weighted by molar-refractivity contribution is 6.16. The summed E-state index contributed by atoms with van der Waals surface area (Å²) in [6, 6.07) is 59.2. The molecule has 0 saturated heterocycles. The number of para-hydroxylation sites is 2. The van der Waals surface area contributed by atoms with Gasteiger partial charge < -0.3 is 13.9 Å². The largest absolute Gasteiger partial charge is 0.456 e. The number of aromatic nitrogens is 1. The van der Waals surface area contributed by atoms with Crippen molar-refractivity contribution in [3.63, 3.8) is 0 Å². The molecule has 0 amide bonds. The van der Waals surface area contributed by atoms with E-state index in [2.05, 4.69) is 168 Å². The zero-order chi connectivity index (χ0) is 31.8. The van der Waals surface area contributed by atoms with Crippen LogP contribution in [0.5, 0.6) is 0 Å². The Balaban J connectivity index is 1.27. The molecule has 0 fully saturated rings. The highest BCUT2D eigenvalue weighted by Crippen LogP contribution is 2.44. The molecular weight excluding hydrogens is 585 g/mol. The van der Waals surface area contributed by atoms with Crippen LogP contribution in [-0.4, -0.2) is 4.57 Å². The van der Waals surface area contributed by atoms with Crippen molar-refractivity contribution in [2.45, 2.75) is 6.92 Å². The number of hydrogen-bond donors (Lipinski definition) is 0. The molecule has 48 heavy (non-hydrogen) atoms. The Morgan fingerprint density at radius 1 is 0.438 bits per heavy atom. The molecule has 0 aliphatic heterocycles. The first kappa shape index (κ1) is 26.9. The van der Waals surface area contributed by atoms with E-state index in [1.807, 2.05) is 12.1 Å². The van der Waals surface area contributed by atoms with Gasteiger partial charge in [-0.25, -0.2) is 0 Å². The van der Waals surface area contributed by atoms with E-state index < -0.39 is 0 Å². The predicted molar refractivity (Wildman–Crippen MR) is 202 cm³/mol. The number of furan rings is 1. The Labute approximate surface area is 277 Å². The molecule has 0 N–H and O–H groups in total. The van der Waals surface area contributed by atoms with Gasteiger partial charge in [-0.3, -0.25) is 0 Å². The van der Waals surface area contributed by atoms with E-state index in [-0.39, 0.29) is 0 Å². The van der Waals surface area contributed by atoms with Crippen molar-refractivity contribution in [3.05, 3.63) is 169 Å². The van der Waals surface area contributed by atoms with Gasteiger partial charge in [-0.15, -0.1) is 0 Å². The van der Waals surface area contributed by atoms with E-state index in [9.17, 15) is 0 Å². The van der Waals surface area contributed by atoms with Crippen molar-refractivity contribution < 1.29 is 4.42 Å². The van der Waals surface area contributed by atoms with Crippen LogP contribution in [0.4, 0.5) is 17.1 Å². The van der Waals surface area contributed by atoms with Crippen molar-refractivity contribution >= 4 is 82.4 Å². The summed E-state index contributed by atoms with van der Waals surface area (Å²) in [5.74, 6) is 0. The van der Waals surface area contributed by atoms with Crippen molar-refractivity contribution in [2.75, 3.05) is 4.90 Å². The van der Waals surface area contributed by atoms with Crippen LogP contribution in [0.3, 0.4) is 0 Å². The lowest BCUT2D eigenvalue weighted by molar-refractivity contribution is 0.669. The number of rotatable bonds is 4. The van der Waals surface area contributed by atoms with Crippen LogP contribution >= 0.6 is 0 Å². The zero-order valence-electron chi connectivity index (χ0n) is 26.4. The molecule has 2 aromatic heterocycles. The quantitative estimate of drug-likeness (QED) is 0.184. The smallest absolute Gasteiger partial charge is 0.135 e. The van der Waals surface area contributed by atoms with Crippen LogP contribution in [0.2, 0.25) is 0 Å². The molecule has 0 saturated carbocycles. The maximum Gasteiger partial charge on any atom is 0.135 e. The third kappa shape index (κ3) is 4.01. The first-order valence-electron chi connectivity index (χ1n) is 16.4. The minimum Gasteiger partial charge on any atom is -0.456 e. The van der Waals surface area contributed by atoms with E-state index in [0.29, 0.717) is 0 Å². The second kappa shape index (κ2) is 10.3. The predicted octanol–water partition coefficient (Wildman–Crippen LogP) is 12.8. The first-order chi connectivity index (χ1) is 23.7. The molecule has 3 nitrogen and oxygen atoms in total. The molecule has 10 aromatic rings. The second-order valence-electron chi connectivity index (χ2n) is 12.7. The normalized spacial score (nSPS) is 11.9. The summed E-state index contributed by atoms with van der Waals surface area (Å²) in [5, 5.41) is 9.65. The average Bonchev–Trinajstić information content (AvgIpc) is 3.67. The summed E-state index contributed by atoms with van der Waals surface area (Å²) in [5.41, 5.74) is 9.86. The number of anilines is 3. The van der Waals surface area contributed by atoms with Crippen molar-refractivity contribution in [3.8, 4) is 5.69 Å². The fraction of sp³-hybridized carbons (Fsp3) is 0.0222. The Morgan fingerprint density at radius 3 is 1.94 bits per heavy atom. The molecule has 0 aliphatic rings. The highest BCUT2D eigenvalue weighted by atomic mass is 16.3. The number of fused-ring (bicyclic) bond motifs is 9. The lowest BCUT2D eigenvalue weighted by Gasteiger charge is -2.28. The minimum atomic E-state index is 0.898. The van der Waals surface area contributed by atoms with E-state index in [1.165, 1.54) is 43.4 Å². The summed E-state index contributed by atoms with van der Waals surface area (Å²) in [7, 11) is 0. The third-order valence-electron chi connectivity index (χ3n) is 9.81. The van der Waals surface area contributed by atoms with Crippen LogP contribution in [0.1, 0.15) is 5.56 Å². The van der Waals surface area contributed by atoms with Gasteiger partial charge in [0.05, 0.1) is 16.7 Å². The van der Waals surface area contributed by atoms with Crippen LogP contribution < -0.4 is 4.90 Å². The Hall–Kier alpha value is -6.32. The molecule has 10 rings (SSSR count). The van der Waals surface area contributed by atoms with Crippen LogP contribution in [0.15, 0.2) is 168 Å². The van der Waals surface area contributed by atoms with Crippen LogP contribution in [0.25, 0.3) is 71.0 Å². The van der Waals surface area contributed by atoms with Gasteiger partial charge in [-0.2, -0.15) is 0 Å². The first-order valence-corrected chi connectivity index (χ1v) is 16.4. The lowest BCUT2D eigenvalue weighted by Crippen LogP contribution is -2.11. The van der Waals surface area contributed by atoms with Gasteiger partial charge >= 0.3 is 0 Å². The van der Waals surface area contributed by atoms with Gasteiger partial charge in [0, 0.05) is 44.0 Å². The molecule has 8 aromatic carbocycles. The standard InChI is InChI=1S/C45H30N2O/c1-29-18-20-31(21-19-29)46(42-26-30-10-2-3-11-34(30)35-12-4-5-13-36(35)42)33-22-24-38-37-14-6-8-16-41(37)47(43(38)28-33)32-23-25-45-40(27-32)39-15-7-9-17-44(39)48-45/h2-28H,1H3. The molecule has 3 heteroatoms. The van der Waals surface area contributed by atoms with E-state index >= 15 is 0 Å². The van der Waals surface area contributed by atoms with E-state index in [1.54, 1.807) is 0 Å². The highest BCUT2D eigenvalue weighted by Gasteiger charge is 2.20. The molecule has 0 spiro atoms. The van der Waals surface area contributed by atoms with Gasteiger partial charge in [0.1, 0.15) is 11.2 Å². The number of hydrogen-bond acceptors (Lipinski definition) is 2. The topological polar surface area (TPSA) is 21.3 Å². The SMILES string of the molecule is Cc1ccc(N(c2ccc3c4ccccc4n(-c4ccc5oc6ccccc6c5c4)c3c2)c2cc3ccccc3c3ccccc23)cc1. The number of benzene rings is 8. The fourth-order valence-electron chi connectivity index (χ4n) is 7.57. The van der Waals surface area contributed by atoms with E-state index in [4.69, 9.17) is 4.42 Å². The molecule has 0 aliphatic carbocycles. The van der Waals surface area contributed by atoms with Crippen LogP contribution in [0, 0.1) is 6.92 Å². The number of aryl methyl sites for hydroxylation is 1. The third-order valence-corrected chi connectivity index (χ3v) is 9.81. The van der Waals surface area contributed by atoms with Gasteiger partial charge in [0.15, 0.2) is 0 Å². The van der Waals surface area contributed by atoms with Crippen molar-refractivity contribution in [1.29, 1.82) is 0 Å². The lowest BCUT2D eigenvalue weighted by atomic mass is 9.99. The summed E-state index contributed by atoms with van der Waals surface area (Å²) in [6.07, 6.45) is 0. The molecular formula is C45H30N2O. The number of nitrogens with zero attached hydrogens (tertiary/aromatic N) is 2. The summed E-state index contributed by atoms with van der Waals surface area (Å²) in [4.78, 5) is 2.42. The maximum atomic E-state index is 6.21. The van der Waals surface area contributed by atoms with Crippen molar-refractivity contribution in [1.82, 2.24) is 4.57 Å².